The Morgan fingerprint density at radius 2 is 1.96 bits per heavy atom. The zero-order valence-electron chi connectivity index (χ0n) is 15.3. The summed E-state index contributed by atoms with van der Waals surface area (Å²) in [6.07, 6.45) is 0. The Hall–Kier alpha value is -2.91. The largest absolute Gasteiger partial charge is 0.302 e. The van der Waals surface area contributed by atoms with E-state index in [0.29, 0.717) is 30.4 Å². The molecular formula is C19H17BrN6O2. The molecule has 0 aliphatic carbocycles. The van der Waals surface area contributed by atoms with E-state index >= 15 is 0 Å². The van der Waals surface area contributed by atoms with Crippen LogP contribution in [0.15, 0.2) is 51.9 Å². The average Bonchev–Trinajstić information content (AvgIpc) is 2.96. The highest BCUT2D eigenvalue weighted by Crippen LogP contribution is 2.31. The molecule has 0 N–H and O–H groups in total. The molecule has 2 aromatic carbocycles. The number of non-ortho nitro benzene ring substituents is 1. The fourth-order valence-corrected chi connectivity index (χ4v) is 3.73. The van der Waals surface area contributed by atoms with E-state index in [2.05, 4.69) is 26.1 Å². The van der Waals surface area contributed by atoms with Gasteiger partial charge in [-0.3, -0.25) is 19.7 Å². The number of benzene rings is 2. The van der Waals surface area contributed by atoms with E-state index in [1.807, 2.05) is 47.8 Å². The van der Waals surface area contributed by atoms with Gasteiger partial charge in [-0.05, 0) is 26.2 Å². The summed E-state index contributed by atoms with van der Waals surface area (Å²) >= 11 is 3.59. The number of aliphatic imine (C=N–C) groups is 1. The molecule has 1 aliphatic heterocycles. The summed E-state index contributed by atoms with van der Waals surface area (Å²) in [7, 11) is 3.88. The molecule has 0 bridgehead atoms. The van der Waals surface area contributed by atoms with Gasteiger partial charge in [0.2, 0.25) is 0 Å². The molecule has 0 unspecified atom stereocenters. The first-order valence-corrected chi connectivity index (χ1v) is 9.41. The maximum absolute atomic E-state index is 11.4. The predicted molar refractivity (Wildman–Crippen MR) is 109 cm³/mol. The lowest BCUT2D eigenvalue weighted by Gasteiger charge is -2.15. The van der Waals surface area contributed by atoms with Gasteiger partial charge in [0.25, 0.3) is 5.69 Å². The quantitative estimate of drug-likeness (QED) is 0.458. The van der Waals surface area contributed by atoms with Crippen molar-refractivity contribution >= 4 is 27.3 Å². The highest BCUT2D eigenvalue weighted by Gasteiger charge is 2.25. The standard InChI is InChI=1S/C19H17BrN6O2/c1-24(2)11-18-23-22-17-10-21-19(13-5-3-4-6-15(13)20)14-8-7-12(26(27)28)9-16(14)25(17)18/h3-9H,10-11H2,1-2H3. The third-order valence-electron chi connectivity index (χ3n) is 4.45. The minimum atomic E-state index is -0.393. The van der Waals surface area contributed by atoms with Gasteiger partial charge >= 0.3 is 0 Å². The first kappa shape index (κ1) is 18.5. The van der Waals surface area contributed by atoms with Gasteiger partial charge in [-0.15, -0.1) is 10.2 Å². The van der Waals surface area contributed by atoms with Gasteiger partial charge in [-0.1, -0.05) is 34.1 Å². The summed E-state index contributed by atoms with van der Waals surface area (Å²) in [6, 6.07) is 12.6. The Kier molecular flexibility index (Phi) is 4.78. The summed E-state index contributed by atoms with van der Waals surface area (Å²) in [5.74, 6) is 1.37. The third kappa shape index (κ3) is 3.23. The van der Waals surface area contributed by atoms with E-state index in [-0.39, 0.29) is 5.69 Å². The number of nitro groups is 1. The van der Waals surface area contributed by atoms with Crippen molar-refractivity contribution in [2.24, 2.45) is 4.99 Å². The van der Waals surface area contributed by atoms with Crippen molar-refractivity contribution in [1.29, 1.82) is 0 Å². The number of aromatic nitrogens is 3. The Morgan fingerprint density at radius 3 is 2.68 bits per heavy atom. The SMILES string of the molecule is CN(C)Cc1nnc2n1-c1cc([N+](=O)[O-])ccc1C(c1ccccc1Br)=NC2. The molecule has 2 heterocycles. The molecule has 3 aromatic rings. The molecule has 142 valence electrons. The molecule has 0 radical (unpaired) electrons. The second-order valence-electron chi connectivity index (χ2n) is 6.71. The van der Waals surface area contributed by atoms with Gasteiger partial charge in [0, 0.05) is 27.7 Å². The highest BCUT2D eigenvalue weighted by molar-refractivity contribution is 9.10. The summed E-state index contributed by atoms with van der Waals surface area (Å²) < 4.78 is 2.79. The minimum Gasteiger partial charge on any atom is -0.302 e. The van der Waals surface area contributed by atoms with Crippen LogP contribution in [-0.4, -0.2) is 44.4 Å². The number of fused-ring (bicyclic) bond motifs is 3. The van der Waals surface area contributed by atoms with Crippen molar-refractivity contribution in [3.8, 4) is 5.69 Å². The van der Waals surface area contributed by atoms with Crippen LogP contribution in [0.3, 0.4) is 0 Å². The van der Waals surface area contributed by atoms with E-state index in [1.54, 1.807) is 12.1 Å². The first-order valence-electron chi connectivity index (χ1n) is 8.62. The maximum Gasteiger partial charge on any atom is 0.271 e. The first-order chi connectivity index (χ1) is 13.5. The van der Waals surface area contributed by atoms with Gasteiger partial charge in [0.05, 0.1) is 22.9 Å². The molecule has 0 saturated carbocycles. The van der Waals surface area contributed by atoms with Crippen LogP contribution in [0.4, 0.5) is 5.69 Å². The number of rotatable bonds is 4. The molecule has 0 amide bonds. The smallest absolute Gasteiger partial charge is 0.271 e. The number of hydrogen-bond acceptors (Lipinski definition) is 6. The van der Waals surface area contributed by atoms with Crippen LogP contribution in [0.1, 0.15) is 22.8 Å². The fraction of sp³-hybridized carbons (Fsp3) is 0.211. The number of halogens is 1. The van der Waals surface area contributed by atoms with Crippen molar-refractivity contribution in [1.82, 2.24) is 19.7 Å². The molecule has 0 spiro atoms. The molecule has 9 heteroatoms. The zero-order valence-corrected chi connectivity index (χ0v) is 16.9. The van der Waals surface area contributed by atoms with Crippen LogP contribution in [0.2, 0.25) is 0 Å². The second kappa shape index (κ2) is 7.25. The van der Waals surface area contributed by atoms with Crippen molar-refractivity contribution in [2.45, 2.75) is 13.1 Å². The summed E-state index contributed by atoms with van der Waals surface area (Å²) in [4.78, 5) is 17.8. The molecule has 0 fully saturated rings. The summed E-state index contributed by atoms with van der Waals surface area (Å²) in [5, 5.41) is 20.0. The molecule has 1 aliphatic rings. The van der Waals surface area contributed by atoms with Crippen molar-refractivity contribution < 1.29 is 4.92 Å². The maximum atomic E-state index is 11.4. The van der Waals surface area contributed by atoms with Gasteiger partial charge < -0.3 is 4.90 Å². The van der Waals surface area contributed by atoms with Crippen molar-refractivity contribution in [3.05, 3.63) is 79.8 Å². The Labute approximate surface area is 169 Å². The Morgan fingerprint density at radius 1 is 1.18 bits per heavy atom. The van der Waals surface area contributed by atoms with E-state index in [9.17, 15) is 10.1 Å². The summed E-state index contributed by atoms with van der Waals surface area (Å²) in [5.41, 5.74) is 3.17. The van der Waals surface area contributed by atoms with Crippen LogP contribution in [0, 0.1) is 10.1 Å². The van der Waals surface area contributed by atoms with Crippen molar-refractivity contribution in [3.63, 3.8) is 0 Å². The van der Waals surface area contributed by atoms with Gasteiger partial charge in [-0.2, -0.15) is 0 Å². The topological polar surface area (TPSA) is 89.5 Å². The highest BCUT2D eigenvalue weighted by atomic mass is 79.9. The average molecular weight is 441 g/mol. The van der Waals surface area contributed by atoms with Crippen LogP contribution in [0.25, 0.3) is 5.69 Å². The molecular weight excluding hydrogens is 424 g/mol. The van der Waals surface area contributed by atoms with Gasteiger partial charge in [-0.25, -0.2) is 0 Å². The monoisotopic (exact) mass is 440 g/mol. The lowest BCUT2D eigenvalue weighted by molar-refractivity contribution is -0.384. The minimum absolute atomic E-state index is 0.0163. The predicted octanol–water partition coefficient (Wildman–Crippen LogP) is 3.35. The van der Waals surface area contributed by atoms with Crippen LogP contribution < -0.4 is 0 Å². The molecule has 1 aromatic heterocycles. The number of nitrogens with zero attached hydrogens (tertiary/aromatic N) is 6. The van der Waals surface area contributed by atoms with Gasteiger partial charge in [0.15, 0.2) is 11.6 Å². The lowest BCUT2D eigenvalue weighted by atomic mass is 10.00. The van der Waals surface area contributed by atoms with E-state index in [0.717, 1.165) is 21.3 Å². The normalized spacial score (nSPS) is 12.9. The lowest BCUT2D eigenvalue weighted by Crippen LogP contribution is -2.17. The van der Waals surface area contributed by atoms with E-state index in [1.165, 1.54) is 6.07 Å². The molecule has 0 atom stereocenters. The Bertz CT molecular complexity index is 1110. The molecule has 28 heavy (non-hydrogen) atoms. The molecule has 8 nitrogen and oxygen atoms in total. The molecule has 0 saturated heterocycles. The number of hydrogen-bond donors (Lipinski definition) is 0. The van der Waals surface area contributed by atoms with Crippen LogP contribution in [0.5, 0.6) is 0 Å². The third-order valence-corrected chi connectivity index (χ3v) is 5.14. The fourth-order valence-electron chi connectivity index (χ4n) is 3.26. The van der Waals surface area contributed by atoms with Crippen molar-refractivity contribution in [2.75, 3.05) is 14.1 Å². The second-order valence-corrected chi connectivity index (χ2v) is 7.56. The number of nitro benzene ring substituents is 1. The van der Waals surface area contributed by atoms with E-state index in [4.69, 9.17) is 4.99 Å². The Balaban J connectivity index is 1.98. The molecule has 4 rings (SSSR count). The van der Waals surface area contributed by atoms with E-state index < -0.39 is 4.92 Å². The summed E-state index contributed by atoms with van der Waals surface area (Å²) in [6.45, 7) is 0.888. The van der Waals surface area contributed by atoms with Crippen LogP contribution in [-0.2, 0) is 13.1 Å². The van der Waals surface area contributed by atoms with Gasteiger partial charge in [0.1, 0.15) is 6.54 Å². The zero-order chi connectivity index (χ0) is 19.8. The van der Waals surface area contributed by atoms with Crippen LogP contribution >= 0.6 is 15.9 Å².